The van der Waals surface area contributed by atoms with E-state index in [2.05, 4.69) is 26.2 Å². The molecule has 1 atom stereocenters. The van der Waals surface area contributed by atoms with Crippen LogP contribution >= 0.6 is 27.7 Å². The number of pyridine rings is 1. The predicted octanol–water partition coefficient (Wildman–Crippen LogP) is 3.09. The lowest BCUT2D eigenvalue weighted by molar-refractivity contribution is -0.118. The number of amides is 1. The molecule has 5 heteroatoms. The second kappa shape index (κ2) is 6.25. The first-order valence-corrected chi connectivity index (χ1v) is 7.15. The summed E-state index contributed by atoms with van der Waals surface area (Å²) in [5, 5.41) is 2.81. The molecule has 0 aliphatic carbocycles. The smallest absolute Gasteiger partial charge is 0.229 e. The maximum atomic E-state index is 11.7. The predicted molar refractivity (Wildman–Crippen MR) is 72.8 cm³/mol. The van der Waals surface area contributed by atoms with Gasteiger partial charge in [-0.05, 0) is 40.7 Å². The third kappa shape index (κ3) is 3.79. The van der Waals surface area contributed by atoms with Crippen LogP contribution in [0.2, 0.25) is 0 Å². The zero-order valence-electron chi connectivity index (χ0n) is 9.58. The van der Waals surface area contributed by atoms with Gasteiger partial charge in [-0.15, -0.1) is 0 Å². The molecule has 3 nitrogen and oxygen atoms in total. The number of hydrogen-bond acceptors (Lipinski definition) is 3. The molecule has 0 spiro atoms. The Kier molecular flexibility index (Phi) is 5.28. The van der Waals surface area contributed by atoms with Crippen LogP contribution in [0.3, 0.4) is 0 Å². The molecule has 0 aliphatic rings. The lowest BCUT2D eigenvalue weighted by Gasteiger charge is -2.10. The summed E-state index contributed by atoms with van der Waals surface area (Å²) in [6.45, 7) is 3.88. The van der Waals surface area contributed by atoms with Gasteiger partial charge in [0.25, 0.3) is 0 Å². The zero-order chi connectivity index (χ0) is 12.1. The van der Waals surface area contributed by atoms with Gasteiger partial charge in [0.15, 0.2) is 0 Å². The molecule has 0 aromatic carbocycles. The average Bonchev–Trinajstić information content (AvgIpc) is 2.24. The van der Waals surface area contributed by atoms with Crippen molar-refractivity contribution in [1.29, 1.82) is 0 Å². The highest BCUT2D eigenvalue weighted by Gasteiger charge is 2.12. The summed E-state index contributed by atoms with van der Waals surface area (Å²) in [5.74, 6) is 1.45. The molecule has 0 fully saturated rings. The zero-order valence-corrected chi connectivity index (χ0v) is 12.0. The number of carbonyl (C=O) groups is 1. The molecule has 0 saturated carbocycles. The molecule has 0 bridgehead atoms. The van der Waals surface area contributed by atoms with E-state index in [1.165, 1.54) is 0 Å². The molecule has 0 aliphatic heterocycles. The van der Waals surface area contributed by atoms with E-state index in [0.717, 1.165) is 15.8 Å². The second-order valence-corrected chi connectivity index (χ2v) is 5.43. The summed E-state index contributed by atoms with van der Waals surface area (Å²) in [6, 6.07) is 1.85. The molecule has 1 N–H and O–H groups in total. The van der Waals surface area contributed by atoms with Crippen LogP contribution in [-0.2, 0) is 4.79 Å². The number of hydrogen-bond donors (Lipinski definition) is 1. The number of thioether (sulfide) groups is 1. The van der Waals surface area contributed by atoms with Crippen molar-refractivity contribution < 1.29 is 4.79 Å². The Morgan fingerprint density at radius 3 is 2.94 bits per heavy atom. The fourth-order valence-electron chi connectivity index (χ4n) is 1.18. The number of halogens is 1. The molecule has 1 aromatic rings. The van der Waals surface area contributed by atoms with Crippen LogP contribution in [0.25, 0.3) is 0 Å². The Labute approximate surface area is 109 Å². The van der Waals surface area contributed by atoms with Gasteiger partial charge in [-0.25, -0.2) is 4.98 Å². The molecule has 1 rings (SSSR count). The quantitative estimate of drug-likeness (QED) is 0.929. The molecule has 16 heavy (non-hydrogen) atoms. The van der Waals surface area contributed by atoms with Gasteiger partial charge < -0.3 is 5.32 Å². The highest BCUT2D eigenvalue weighted by molar-refractivity contribution is 9.10. The van der Waals surface area contributed by atoms with Crippen LogP contribution in [-0.4, -0.2) is 22.9 Å². The van der Waals surface area contributed by atoms with Crippen molar-refractivity contribution in [2.24, 2.45) is 5.92 Å². The molecule has 1 amide bonds. The molecule has 1 heterocycles. The lowest BCUT2D eigenvalue weighted by Crippen LogP contribution is -2.22. The van der Waals surface area contributed by atoms with Crippen LogP contribution in [0.1, 0.15) is 12.5 Å². The van der Waals surface area contributed by atoms with E-state index in [9.17, 15) is 4.79 Å². The van der Waals surface area contributed by atoms with Crippen molar-refractivity contribution in [3.63, 3.8) is 0 Å². The largest absolute Gasteiger partial charge is 0.310 e. The molecule has 88 valence electrons. The average molecular weight is 303 g/mol. The number of nitrogens with zero attached hydrogens (tertiary/aromatic N) is 1. The third-order valence-electron chi connectivity index (χ3n) is 2.16. The van der Waals surface area contributed by atoms with Gasteiger partial charge in [-0.2, -0.15) is 11.8 Å². The van der Waals surface area contributed by atoms with E-state index in [1.807, 2.05) is 26.2 Å². The van der Waals surface area contributed by atoms with Gasteiger partial charge in [-0.3, -0.25) is 4.79 Å². The second-order valence-electron chi connectivity index (χ2n) is 3.66. The van der Waals surface area contributed by atoms with Crippen molar-refractivity contribution in [1.82, 2.24) is 4.98 Å². The molecule has 1 aromatic heterocycles. The SMILES string of the molecule is CSC[C@H](C)C(=O)Nc1cc(C)c(Br)cn1. The highest BCUT2D eigenvalue weighted by atomic mass is 79.9. The Morgan fingerprint density at radius 2 is 2.38 bits per heavy atom. The first-order valence-electron chi connectivity index (χ1n) is 4.96. The summed E-state index contributed by atoms with van der Waals surface area (Å²) >= 11 is 5.04. The number of aryl methyl sites for hydroxylation is 1. The summed E-state index contributed by atoms with van der Waals surface area (Å²) in [5.41, 5.74) is 1.06. The van der Waals surface area contributed by atoms with E-state index >= 15 is 0 Å². The van der Waals surface area contributed by atoms with Gasteiger partial charge >= 0.3 is 0 Å². The van der Waals surface area contributed by atoms with Crippen molar-refractivity contribution in [3.05, 3.63) is 22.3 Å². The number of nitrogens with one attached hydrogen (secondary N) is 1. The maximum absolute atomic E-state index is 11.7. The normalized spacial score (nSPS) is 12.2. The Morgan fingerprint density at radius 1 is 1.69 bits per heavy atom. The van der Waals surface area contributed by atoms with Crippen LogP contribution in [0.4, 0.5) is 5.82 Å². The summed E-state index contributed by atoms with van der Waals surface area (Å²) < 4.78 is 0.947. The standard InChI is InChI=1S/C11H15BrN2OS/c1-7-4-10(13-5-9(7)12)14-11(15)8(2)6-16-3/h4-5,8H,6H2,1-3H3,(H,13,14,15)/t8-/m0/s1. The lowest BCUT2D eigenvalue weighted by atomic mass is 10.2. The monoisotopic (exact) mass is 302 g/mol. The van der Waals surface area contributed by atoms with E-state index in [0.29, 0.717) is 5.82 Å². The topological polar surface area (TPSA) is 42.0 Å². The Bertz CT molecular complexity index is 384. The number of carbonyl (C=O) groups excluding carboxylic acids is 1. The van der Waals surface area contributed by atoms with Gasteiger partial charge in [0.05, 0.1) is 0 Å². The molecule has 0 unspecified atom stereocenters. The minimum Gasteiger partial charge on any atom is -0.310 e. The van der Waals surface area contributed by atoms with Crippen molar-refractivity contribution in [2.75, 3.05) is 17.3 Å². The molecule has 0 radical (unpaired) electrons. The van der Waals surface area contributed by atoms with E-state index in [-0.39, 0.29) is 11.8 Å². The van der Waals surface area contributed by atoms with E-state index in [1.54, 1.807) is 18.0 Å². The first-order chi connectivity index (χ1) is 7.54. The van der Waals surface area contributed by atoms with Gasteiger partial charge in [0.2, 0.25) is 5.91 Å². The van der Waals surface area contributed by atoms with Gasteiger partial charge in [0, 0.05) is 22.3 Å². The van der Waals surface area contributed by atoms with E-state index < -0.39 is 0 Å². The van der Waals surface area contributed by atoms with Crippen molar-refractivity contribution in [3.8, 4) is 0 Å². The first kappa shape index (κ1) is 13.5. The Hall–Kier alpha value is -0.550. The highest BCUT2D eigenvalue weighted by Crippen LogP contribution is 2.17. The minimum absolute atomic E-state index is 0.000697. The summed E-state index contributed by atoms with van der Waals surface area (Å²) in [4.78, 5) is 15.9. The van der Waals surface area contributed by atoms with Crippen LogP contribution in [0, 0.1) is 12.8 Å². The minimum atomic E-state index is 0.000697. The fraction of sp³-hybridized carbons (Fsp3) is 0.455. The third-order valence-corrected chi connectivity index (χ3v) is 3.83. The summed E-state index contributed by atoms with van der Waals surface area (Å²) in [7, 11) is 0. The Balaban J connectivity index is 2.66. The summed E-state index contributed by atoms with van der Waals surface area (Å²) in [6.07, 6.45) is 3.69. The maximum Gasteiger partial charge on any atom is 0.229 e. The van der Waals surface area contributed by atoms with Crippen molar-refractivity contribution in [2.45, 2.75) is 13.8 Å². The number of aromatic nitrogens is 1. The number of rotatable bonds is 4. The van der Waals surface area contributed by atoms with Crippen LogP contribution < -0.4 is 5.32 Å². The van der Waals surface area contributed by atoms with Gasteiger partial charge in [-0.1, -0.05) is 6.92 Å². The molecular weight excluding hydrogens is 288 g/mol. The molecule has 0 saturated heterocycles. The fourth-order valence-corrected chi connectivity index (χ4v) is 2.05. The van der Waals surface area contributed by atoms with Gasteiger partial charge in [0.1, 0.15) is 5.82 Å². The van der Waals surface area contributed by atoms with Crippen molar-refractivity contribution >= 4 is 39.4 Å². The van der Waals surface area contributed by atoms with E-state index in [4.69, 9.17) is 0 Å². The molecular formula is C11H15BrN2OS. The van der Waals surface area contributed by atoms with Crippen LogP contribution in [0.15, 0.2) is 16.7 Å². The number of anilines is 1. The van der Waals surface area contributed by atoms with Crippen LogP contribution in [0.5, 0.6) is 0 Å².